The summed E-state index contributed by atoms with van der Waals surface area (Å²) in [4.78, 5) is 4.54. The van der Waals surface area contributed by atoms with Gasteiger partial charge in [0.25, 0.3) is 0 Å². The molecule has 3 nitrogen and oxygen atoms in total. The Morgan fingerprint density at radius 1 is 1.00 bits per heavy atom. The Morgan fingerprint density at radius 2 is 1.84 bits per heavy atom. The molecular weight excluding hydrogens is 388 g/mol. The summed E-state index contributed by atoms with van der Waals surface area (Å²) in [6.07, 6.45) is 1.68. The van der Waals surface area contributed by atoms with Crippen LogP contribution in [0.3, 0.4) is 0 Å². The van der Waals surface area contributed by atoms with Gasteiger partial charge in [-0.15, -0.1) is 0 Å². The lowest BCUT2D eigenvalue weighted by Crippen LogP contribution is -1.96. The van der Waals surface area contributed by atoms with E-state index in [1.807, 2.05) is 19.1 Å². The fourth-order valence-corrected chi connectivity index (χ4v) is 3.13. The number of imidazole rings is 1. The highest BCUT2D eigenvalue weighted by molar-refractivity contribution is 9.10. The molecule has 0 aliphatic rings. The molecule has 0 atom stereocenters. The van der Waals surface area contributed by atoms with Gasteiger partial charge in [-0.2, -0.15) is 5.10 Å². The molecular formula is C19H12BrF2N3. The third-order valence-electron chi connectivity index (χ3n) is 3.89. The van der Waals surface area contributed by atoms with Crippen LogP contribution in [-0.2, 0) is 0 Å². The van der Waals surface area contributed by atoms with Gasteiger partial charge in [-0.1, -0.05) is 28.1 Å². The van der Waals surface area contributed by atoms with Crippen molar-refractivity contribution in [2.75, 3.05) is 0 Å². The Hall–Kier alpha value is -2.60. The Kier molecular flexibility index (Phi) is 3.84. The molecule has 2 heterocycles. The summed E-state index contributed by atoms with van der Waals surface area (Å²) in [5.74, 6) is -0.697. The predicted octanol–water partition coefficient (Wildman–Crippen LogP) is 5.41. The summed E-state index contributed by atoms with van der Waals surface area (Å²) >= 11 is 3.25. The first-order valence-electron chi connectivity index (χ1n) is 7.59. The monoisotopic (exact) mass is 399 g/mol. The molecule has 2 aromatic carbocycles. The van der Waals surface area contributed by atoms with Crippen LogP contribution >= 0.6 is 15.9 Å². The van der Waals surface area contributed by atoms with Crippen LogP contribution in [0.4, 0.5) is 8.78 Å². The summed E-state index contributed by atoms with van der Waals surface area (Å²) < 4.78 is 30.2. The second kappa shape index (κ2) is 6.04. The molecule has 0 fully saturated rings. The SMILES string of the molecule is Cc1cc(-c2cccc(F)c2)c2nc(-c3ccc(Br)cc3F)cn2n1. The van der Waals surface area contributed by atoms with Gasteiger partial charge in [0.05, 0.1) is 17.6 Å². The molecule has 0 amide bonds. The smallest absolute Gasteiger partial charge is 0.162 e. The van der Waals surface area contributed by atoms with E-state index in [-0.39, 0.29) is 11.6 Å². The maximum Gasteiger partial charge on any atom is 0.162 e. The number of fused-ring (bicyclic) bond motifs is 1. The minimum Gasteiger partial charge on any atom is -0.226 e. The quantitative estimate of drug-likeness (QED) is 0.450. The second-order valence-electron chi connectivity index (χ2n) is 5.73. The lowest BCUT2D eigenvalue weighted by atomic mass is 10.1. The molecule has 4 aromatic rings. The summed E-state index contributed by atoms with van der Waals surface area (Å²) in [5, 5.41) is 4.41. The zero-order valence-electron chi connectivity index (χ0n) is 13.2. The van der Waals surface area contributed by atoms with Crippen LogP contribution in [0.2, 0.25) is 0 Å². The first-order valence-corrected chi connectivity index (χ1v) is 8.39. The van der Waals surface area contributed by atoms with E-state index < -0.39 is 0 Å². The molecule has 124 valence electrons. The second-order valence-corrected chi connectivity index (χ2v) is 6.64. The number of aryl methyl sites for hydroxylation is 1. The van der Waals surface area contributed by atoms with E-state index in [0.29, 0.717) is 26.9 Å². The first-order chi connectivity index (χ1) is 12.0. The van der Waals surface area contributed by atoms with Crippen molar-refractivity contribution in [1.29, 1.82) is 0 Å². The lowest BCUT2D eigenvalue weighted by molar-refractivity contribution is 0.628. The van der Waals surface area contributed by atoms with Crippen molar-refractivity contribution in [2.45, 2.75) is 6.92 Å². The topological polar surface area (TPSA) is 30.2 Å². The zero-order chi connectivity index (χ0) is 17.6. The van der Waals surface area contributed by atoms with Crippen LogP contribution < -0.4 is 0 Å². The number of aromatic nitrogens is 3. The van der Waals surface area contributed by atoms with Gasteiger partial charge in [0, 0.05) is 15.6 Å². The number of nitrogens with zero attached hydrogens (tertiary/aromatic N) is 3. The average molecular weight is 400 g/mol. The lowest BCUT2D eigenvalue weighted by Gasteiger charge is -2.05. The van der Waals surface area contributed by atoms with E-state index in [2.05, 4.69) is 26.0 Å². The molecule has 0 radical (unpaired) electrons. The van der Waals surface area contributed by atoms with Crippen molar-refractivity contribution in [3.05, 3.63) is 76.5 Å². The van der Waals surface area contributed by atoms with E-state index in [9.17, 15) is 8.78 Å². The van der Waals surface area contributed by atoms with Gasteiger partial charge in [-0.25, -0.2) is 18.3 Å². The van der Waals surface area contributed by atoms with Crippen LogP contribution in [0.1, 0.15) is 5.69 Å². The van der Waals surface area contributed by atoms with E-state index in [1.165, 1.54) is 18.2 Å². The third kappa shape index (κ3) is 2.93. The van der Waals surface area contributed by atoms with Crippen LogP contribution in [0.15, 0.2) is 59.2 Å². The number of benzene rings is 2. The van der Waals surface area contributed by atoms with E-state index >= 15 is 0 Å². The van der Waals surface area contributed by atoms with Crippen LogP contribution in [0, 0.1) is 18.6 Å². The largest absolute Gasteiger partial charge is 0.226 e. The average Bonchev–Trinajstić information content (AvgIpc) is 2.97. The van der Waals surface area contributed by atoms with Gasteiger partial charge in [-0.3, -0.25) is 0 Å². The number of halogens is 3. The van der Waals surface area contributed by atoms with Gasteiger partial charge in [0.15, 0.2) is 5.65 Å². The molecule has 6 heteroatoms. The summed E-state index contributed by atoms with van der Waals surface area (Å²) in [5.41, 5.74) is 3.61. The Labute approximate surface area is 151 Å². The molecule has 25 heavy (non-hydrogen) atoms. The molecule has 4 rings (SSSR count). The molecule has 0 unspecified atom stereocenters. The summed E-state index contributed by atoms with van der Waals surface area (Å²) in [6, 6.07) is 13.0. The van der Waals surface area contributed by atoms with Crippen LogP contribution in [0.25, 0.3) is 28.0 Å². The summed E-state index contributed by atoms with van der Waals surface area (Å²) in [7, 11) is 0. The van der Waals surface area contributed by atoms with E-state index in [0.717, 1.165) is 11.3 Å². The van der Waals surface area contributed by atoms with Gasteiger partial charge >= 0.3 is 0 Å². The van der Waals surface area contributed by atoms with Crippen molar-refractivity contribution in [2.24, 2.45) is 0 Å². The highest BCUT2D eigenvalue weighted by atomic mass is 79.9. The molecule has 0 saturated carbocycles. The minimum atomic E-state index is -0.373. The van der Waals surface area contributed by atoms with Crippen molar-refractivity contribution in [3.8, 4) is 22.4 Å². The maximum absolute atomic E-state index is 14.3. The highest BCUT2D eigenvalue weighted by Gasteiger charge is 2.14. The van der Waals surface area contributed by atoms with Crippen molar-refractivity contribution in [1.82, 2.24) is 14.6 Å². The highest BCUT2D eigenvalue weighted by Crippen LogP contribution is 2.29. The maximum atomic E-state index is 14.3. The molecule has 0 N–H and O–H groups in total. The normalized spacial score (nSPS) is 11.2. The zero-order valence-corrected chi connectivity index (χ0v) is 14.8. The number of hydrogen-bond donors (Lipinski definition) is 0. The fraction of sp³-hybridized carbons (Fsp3) is 0.0526. The van der Waals surface area contributed by atoms with Crippen LogP contribution in [-0.4, -0.2) is 14.6 Å². The van der Waals surface area contributed by atoms with E-state index in [4.69, 9.17) is 0 Å². The van der Waals surface area contributed by atoms with Gasteiger partial charge < -0.3 is 0 Å². The van der Waals surface area contributed by atoms with Gasteiger partial charge in [0.1, 0.15) is 11.6 Å². The van der Waals surface area contributed by atoms with E-state index in [1.54, 1.807) is 28.9 Å². The minimum absolute atomic E-state index is 0.323. The Morgan fingerprint density at radius 3 is 2.60 bits per heavy atom. The molecule has 0 aliphatic carbocycles. The van der Waals surface area contributed by atoms with Crippen molar-refractivity contribution >= 4 is 21.6 Å². The van der Waals surface area contributed by atoms with Crippen LogP contribution in [0.5, 0.6) is 0 Å². The van der Waals surface area contributed by atoms with Crippen molar-refractivity contribution < 1.29 is 8.78 Å². The number of hydrogen-bond acceptors (Lipinski definition) is 2. The molecule has 0 saturated heterocycles. The predicted molar refractivity (Wildman–Crippen MR) is 96.2 cm³/mol. The molecule has 0 bridgehead atoms. The Bertz CT molecular complexity index is 1110. The van der Waals surface area contributed by atoms with Gasteiger partial charge in [-0.05, 0) is 48.9 Å². The first kappa shape index (κ1) is 15.9. The van der Waals surface area contributed by atoms with Gasteiger partial charge in [0.2, 0.25) is 0 Å². The fourth-order valence-electron chi connectivity index (χ4n) is 2.80. The molecule has 2 aromatic heterocycles. The molecule has 0 spiro atoms. The molecule has 0 aliphatic heterocycles. The van der Waals surface area contributed by atoms with Crippen molar-refractivity contribution in [3.63, 3.8) is 0 Å². The standard InChI is InChI=1S/C19H12BrF2N3/c1-11-7-16(12-3-2-4-14(21)8-12)19-23-18(10-25(19)24-11)15-6-5-13(20)9-17(15)22/h2-10H,1H3. The Balaban J connectivity index is 1.95. The number of rotatable bonds is 2. The third-order valence-corrected chi connectivity index (χ3v) is 4.38. The summed E-state index contributed by atoms with van der Waals surface area (Å²) in [6.45, 7) is 1.85.